The fourth-order valence-corrected chi connectivity index (χ4v) is 0. The van der Waals surface area contributed by atoms with E-state index >= 15 is 0 Å². The Hall–Kier alpha value is -0.0800. The summed E-state index contributed by atoms with van der Waals surface area (Å²) in [6, 6.07) is 0. The molecule has 7 heavy (non-hydrogen) atoms. The Balaban J connectivity index is 0. The normalized spacial score (nSPS) is 7.71. The highest BCUT2D eigenvalue weighted by Gasteiger charge is 1.58. The molecule has 2 N–H and O–H groups in total. The average Bonchev–Trinajstić information content (AvgIpc) is 1.33. The van der Waals surface area contributed by atoms with Crippen LogP contribution in [0.25, 0.3) is 0 Å². The number of nitrogens with zero attached hydrogens (tertiary/aromatic N) is 1. The molecule has 0 aliphatic heterocycles. The molecule has 2 nitrogen and oxygen atoms in total. The molecule has 2 heteroatoms. The molecule has 0 fully saturated rings. The van der Waals surface area contributed by atoms with Gasteiger partial charge in [-0.2, -0.15) is 0 Å². The van der Waals surface area contributed by atoms with Crippen molar-refractivity contribution in [3.63, 3.8) is 0 Å². The second-order valence-corrected chi connectivity index (χ2v) is 1.63. The summed E-state index contributed by atoms with van der Waals surface area (Å²) in [7, 11) is 6.00. The van der Waals surface area contributed by atoms with Crippen molar-refractivity contribution in [2.45, 2.75) is 0 Å². The molecule has 0 aliphatic carbocycles. The Kier molecular flexibility index (Phi) is 13.3. The molecule has 0 unspecified atom stereocenters. The Bertz CT molecular complexity index is 17.3. The van der Waals surface area contributed by atoms with Crippen LogP contribution in [-0.2, 0) is 0 Å². The Morgan fingerprint density at radius 3 is 1.43 bits per heavy atom. The predicted molar refractivity (Wildman–Crippen MR) is 34.0 cm³/mol. The summed E-state index contributed by atoms with van der Waals surface area (Å²) in [5.74, 6) is 0. The van der Waals surface area contributed by atoms with Crippen molar-refractivity contribution in [2.24, 2.45) is 5.73 Å². The molecule has 0 amide bonds. The standard InChI is InChI=1S/C3H9N.C2H6N/c1-4(2)3;1-2-3/h1-3H3;1-3H2. The first-order valence-electron chi connectivity index (χ1n) is 2.25. The zero-order chi connectivity index (χ0) is 6.28. The minimum Gasteiger partial charge on any atom is -0.330 e. The van der Waals surface area contributed by atoms with E-state index in [1.54, 1.807) is 0 Å². The smallest absolute Gasteiger partial charge is 0.00768 e. The first-order chi connectivity index (χ1) is 3.15. The average molecular weight is 103 g/mol. The zero-order valence-corrected chi connectivity index (χ0v) is 5.44. The minimum atomic E-state index is 0.500. The van der Waals surface area contributed by atoms with Gasteiger partial charge in [0.2, 0.25) is 0 Å². The molecule has 0 aliphatic rings. The lowest BCUT2D eigenvalue weighted by atomic mass is 10.8. The molecular formula is C5H15N2. The summed E-state index contributed by atoms with van der Waals surface area (Å²) in [5, 5.41) is 0. The highest BCUT2D eigenvalue weighted by Crippen LogP contribution is 1.47. The summed E-state index contributed by atoms with van der Waals surface area (Å²) in [6.45, 7) is 3.76. The summed E-state index contributed by atoms with van der Waals surface area (Å²) in [5.41, 5.74) is 4.74. The van der Waals surface area contributed by atoms with E-state index in [0.717, 1.165) is 0 Å². The molecule has 0 bridgehead atoms. The highest BCUT2D eigenvalue weighted by atomic mass is 15.0. The highest BCUT2D eigenvalue weighted by molar-refractivity contribution is 4.25. The summed E-state index contributed by atoms with van der Waals surface area (Å²) >= 11 is 0. The van der Waals surface area contributed by atoms with Gasteiger partial charge in [-0.15, -0.1) is 0 Å². The van der Waals surface area contributed by atoms with Crippen LogP contribution in [0.15, 0.2) is 0 Å². The van der Waals surface area contributed by atoms with Gasteiger partial charge in [-0.3, -0.25) is 0 Å². The van der Waals surface area contributed by atoms with Crippen LogP contribution in [0.3, 0.4) is 0 Å². The van der Waals surface area contributed by atoms with E-state index in [1.165, 1.54) is 0 Å². The van der Waals surface area contributed by atoms with Gasteiger partial charge in [-0.05, 0) is 34.6 Å². The molecule has 0 atom stereocenters. The molecule has 0 aromatic rings. The van der Waals surface area contributed by atoms with Gasteiger partial charge in [-0.25, -0.2) is 0 Å². The van der Waals surface area contributed by atoms with Crippen molar-refractivity contribution in [3.05, 3.63) is 6.92 Å². The maximum absolute atomic E-state index is 4.74. The molecular weight excluding hydrogens is 88.1 g/mol. The van der Waals surface area contributed by atoms with E-state index in [9.17, 15) is 0 Å². The van der Waals surface area contributed by atoms with Gasteiger partial charge < -0.3 is 10.6 Å². The van der Waals surface area contributed by atoms with Crippen molar-refractivity contribution >= 4 is 0 Å². The van der Waals surface area contributed by atoms with Crippen LogP contribution in [0.2, 0.25) is 0 Å². The minimum absolute atomic E-state index is 0.500. The molecule has 0 heterocycles. The van der Waals surface area contributed by atoms with Gasteiger partial charge in [0, 0.05) is 0 Å². The van der Waals surface area contributed by atoms with Crippen LogP contribution in [0.5, 0.6) is 0 Å². The Morgan fingerprint density at radius 2 is 1.43 bits per heavy atom. The summed E-state index contributed by atoms with van der Waals surface area (Å²) in [6.07, 6.45) is 0. The van der Waals surface area contributed by atoms with Gasteiger partial charge in [0.25, 0.3) is 0 Å². The van der Waals surface area contributed by atoms with Gasteiger partial charge in [0.15, 0.2) is 0 Å². The molecule has 0 aromatic heterocycles. The van der Waals surface area contributed by atoms with Crippen molar-refractivity contribution < 1.29 is 0 Å². The van der Waals surface area contributed by atoms with Gasteiger partial charge in [0.05, 0.1) is 0 Å². The van der Waals surface area contributed by atoms with E-state index in [4.69, 9.17) is 5.73 Å². The maximum atomic E-state index is 4.74. The van der Waals surface area contributed by atoms with Crippen molar-refractivity contribution in [1.82, 2.24) is 4.90 Å². The SMILES string of the molecule is CN(C)C.[CH2]CN. The van der Waals surface area contributed by atoms with E-state index in [0.29, 0.717) is 6.54 Å². The second kappa shape index (κ2) is 9.33. The van der Waals surface area contributed by atoms with E-state index < -0.39 is 0 Å². The molecule has 45 valence electrons. The quantitative estimate of drug-likeness (QED) is 0.466. The molecule has 0 aromatic carbocycles. The maximum Gasteiger partial charge on any atom is -0.00768 e. The largest absolute Gasteiger partial charge is 0.330 e. The van der Waals surface area contributed by atoms with Gasteiger partial charge in [-0.1, -0.05) is 0 Å². The topological polar surface area (TPSA) is 29.3 Å². The number of rotatable bonds is 0. The Labute approximate surface area is 46.3 Å². The lowest BCUT2D eigenvalue weighted by Crippen LogP contribution is -1.99. The molecule has 0 saturated carbocycles. The monoisotopic (exact) mass is 103 g/mol. The van der Waals surface area contributed by atoms with Crippen LogP contribution in [0, 0.1) is 6.92 Å². The van der Waals surface area contributed by atoms with Gasteiger partial charge >= 0.3 is 0 Å². The summed E-state index contributed by atoms with van der Waals surface area (Å²) < 4.78 is 0. The van der Waals surface area contributed by atoms with E-state index in [2.05, 4.69) is 6.92 Å². The van der Waals surface area contributed by atoms with Crippen molar-refractivity contribution in [2.75, 3.05) is 27.7 Å². The van der Waals surface area contributed by atoms with Crippen LogP contribution in [0.4, 0.5) is 0 Å². The molecule has 0 rings (SSSR count). The van der Waals surface area contributed by atoms with E-state index in [-0.39, 0.29) is 0 Å². The first kappa shape index (κ1) is 10.0. The van der Waals surface area contributed by atoms with Crippen LogP contribution in [-0.4, -0.2) is 32.6 Å². The number of nitrogens with two attached hydrogens (primary N) is 1. The second-order valence-electron chi connectivity index (χ2n) is 1.63. The predicted octanol–water partition coefficient (Wildman–Crippen LogP) is -0.0430. The fourth-order valence-electron chi connectivity index (χ4n) is 0. The molecule has 0 saturated heterocycles. The lowest BCUT2D eigenvalue weighted by Gasteiger charge is -1.90. The number of hydrogen-bond acceptors (Lipinski definition) is 2. The third-order valence-electron chi connectivity index (χ3n) is 0. The lowest BCUT2D eigenvalue weighted by molar-refractivity contribution is 0.505. The molecule has 1 radical (unpaired) electrons. The zero-order valence-electron chi connectivity index (χ0n) is 5.44. The third-order valence-corrected chi connectivity index (χ3v) is 0. The molecule has 0 spiro atoms. The number of hydrogen-bond donors (Lipinski definition) is 1. The summed E-state index contributed by atoms with van der Waals surface area (Å²) in [4.78, 5) is 2.00. The van der Waals surface area contributed by atoms with Crippen molar-refractivity contribution in [1.29, 1.82) is 0 Å². The van der Waals surface area contributed by atoms with Crippen LogP contribution < -0.4 is 5.73 Å². The third kappa shape index (κ3) is 14200. The Morgan fingerprint density at radius 1 is 1.43 bits per heavy atom. The van der Waals surface area contributed by atoms with E-state index in [1.807, 2.05) is 26.0 Å². The first-order valence-corrected chi connectivity index (χ1v) is 2.25. The van der Waals surface area contributed by atoms with Crippen LogP contribution in [0.1, 0.15) is 0 Å². The van der Waals surface area contributed by atoms with Crippen LogP contribution >= 0.6 is 0 Å². The fraction of sp³-hybridized carbons (Fsp3) is 0.800. The van der Waals surface area contributed by atoms with Crippen molar-refractivity contribution in [3.8, 4) is 0 Å². The van der Waals surface area contributed by atoms with Gasteiger partial charge in [0.1, 0.15) is 0 Å².